The standard InChI is InChI=1S/C28H28ClN3O4S/c1-28(2)12-18-23(19(33)13-28)22(15-9-10-20(35-3)21(11-15)36-4)24-25(30-18)31-27(32-26(24)34)37-14-16-7-5-6-8-17(16)29/h5-11,22H,12-14H2,1-4H3,(H2,30,31,32,34)/t22-/m0/s1. The number of anilines is 1. The molecule has 2 aromatic carbocycles. The van der Waals surface area contributed by atoms with E-state index in [-0.39, 0.29) is 16.8 Å². The Morgan fingerprint density at radius 2 is 1.84 bits per heavy atom. The third-order valence-corrected chi connectivity index (χ3v) is 8.05. The summed E-state index contributed by atoms with van der Waals surface area (Å²) >= 11 is 7.71. The number of nitrogens with one attached hydrogen (secondary N) is 2. The van der Waals surface area contributed by atoms with Gasteiger partial charge in [0.2, 0.25) is 0 Å². The van der Waals surface area contributed by atoms with Gasteiger partial charge in [-0.1, -0.05) is 61.5 Å². The van der Waals surface area contributed by atoms with Crippen molar-refractivity contribution in [1.82, 2.24) is 9.97 Å². The van der Waals surface area contributed by atoms with E-state index in [1.807, 2.05) is 36.4 Å². The second kappa shape index (κ2) is 9.91. The Hall–Kier alpha value is -3.23. The number of methoxy groups -OCH3 is 2. The fraction of sp³-hybridized carbons (Fsp3) is 0.321. The summed E-state index contributed by atoms with van der Waals surface area (Å²) in [6.45, 7) is 4.15. The Morgan fingerprint density at radius 3 is 2.57 bits per heavy atom. The highest BCUT2D eigenvalue weighted by atomic mass is 35.5. The van der Waals surface area contributed by atoms with Gasteiger partial charge in [-0.15, -0.1) is 0 Å². The number of thioether (sulfide) groups is 1. The highest BCUT2D eigenvalue weighted by Crippen LogP contribution is 2.48. The van der Waals surface area contributed by atoms with Crippen LogP contribution in [0.25, 0.3) is 0 Å². The first-order valence-corrected chi connectivity index (χ1v) is 13.3. The molecule has 7 nitrogen and oxygen atoms in total. The quantitative estimate of drug-likeness (QED) is 0.297. The molecule has 0 saturated carbocycles. The zero-order valence-corrected chi connectivity index (χ0v) is 22.7. The SMILES string of the molecule is COc1ccc([C@H]2C3=C(CC(C)(C)CC3=O)Nc3nc(SCc4ccccc4Cl)[nH]c(=O)c32)cc1OC. The van der Waals surface area contributed by atoms with Crippen LogP contribution in [0.4, 0.5) is 5.82 Å². The Morgan fingerprint density at radius 1 is 1.08 bits per heavy atom. The number of ether oxygens (including phenoxy) is 2. The van der Waals surface area contributed by atoms with E-state index >= 15 is 0 Å². The molecule has 2 aliphatic rings. The van der Waals surface area contributed by atoms with Crippen LogP contribution in [0.1, 0.15) is 49.3 Å². The lowest BCUT2D eigenvalue weighted by Gasteiger charge is -2.38. The lowest BCUT2D eigenvalue weighted by atomic mass is 9.69. The number of fused-ring (bicyclic) bond motifs is 1. The van der Waals surface area contributed by atoms with Gasteiger partial charge < -0.3 is 19.8 Å². The number of benzene rings is 2. The molecule has 2 heterocycles. The molecule has 0 saturated heterocycles. The molecule has 0 unspecified atom stereocenters. The number of ketones is 1. The third-order valence-electron chi connectivity index (χ3n) is 6.76. The van der Waals surface area contributed by atoms with E-state index < -0.39 is 5.92 Å². The maximum Gasteiger partial charge on any atom is 0.257 e. The first-order valence-electron chi connectivity index (χ1n) is 12.0. The average Bonchev–Trinajstić information content (AvgIpc) is 2.85. The summed E-state index contributed by atoms with van der Waals surface area (Å²) in [5, 5.41) is 4.50. The van der Waals surface area contributed by atoms with Crippen LogP contribution in [0.2, 0.25) is 5.02 Å². The summed E-state index contributed by atoms with van der Waals surface area (Å²) < 4.78 is 10.9. The van der Waals surface area contributed by atoms with Gasteiger partial charge in [0.25, 0.3) is 5.56 Å². The largest absolute Gasteiger partial charge is 0.493 e. The summed E-state index contributed by atoms with van der Waals surface area (Å²) in [4.78, 5) is 34.8. The normalized spacial score (nSPS) is 18.1. The molecule has 9 heteroatoms. The van der Waals surface area contributed by atoms with Gasteiger partial charge in [-0.25, -0.2) is 4.98 Å². The van der Waals surface area contributed by atoms with Gasteiger partial charge in [0, 0.05) is 34.4 Å². The Labute approximate surface area is 224 Å². The molecule has 0 spiro atoms. The van der Waals surface area contributed by atoms with E-state index in [1.54, 1.807) is 20.3 Å². The van der Waals surface area contributed by atoms with E-state index in [9.17, 15) is 9.59 Å². The summed E-state index contributed by atoms with van der Waals surface area (Å²) in [5.41, 5.74) is 3.08. The Bertz CT molecular complexity index is 1480. The number of rotatable bonds is 6. The molecule has 1 aliphatic carbocycles. The summed E-state index contributed by atoms with van der Waals surface area (Å²) in [6, 6.07) is 13.1. The van der Waals surface area contributed by atoms with Crippen molar-refractivity contribution < 1.29 is 14.3 Å². The Balaban J connectivity index is 1.61. The predicted molar refractivity (Wildman–Crippen MR) is 146 cm³/mol. The second-order valence-electron chi connectivity index (χ2n) is 10.0. The maximum absolute atomic E-state index is 13.6. The molecule has 1 aromatic heterocycles. The number of nitrogens with zero attached hydrogens (tertiary/aromatic N) is 1. The first kappa shape index (κ1) is 25.4. The molecule has 0 amide bonds. The number of hydrogen-bond donors (Lipinski definition) is 2. The molecular weight excluding hydrogens is 510 g/mol. The van der Waals surface area contributed by atoms with Gasteiger partial charge >= 0.3 is 0 Å². The summed E-state index contributed by atoms with van der Waals surface area (Å²) in [5.74, 6) is 1.58. The van der Waals surface area contributed by atoms with Crippen molar-refractivity contribution >= 4 is 35.0 Å². The number of carbonyl (C=O) groups excluding carboxylic acids is 1. The van der Waals surface area contributed by atoms with Crippen molar-refractivity contribution in [1.29, 1.82) is 0 Å². The monoisotopic (exact) mass is 537 g/mol. The van der Waals surface area contributed by atoms with Crippen LogP contribution in [0.15, 0.2) is 63.7 Å². The van der Waals surface area contributed by atoms with Crippen LogP contribution in [-0.2, 0) is 10.5 Å². The maximum atomic E-state index is 13.6. The minimum Gasteiger partial charge on any atom is -0.493 e. The molecule has 0 bridgehead atoms. The molecule has 0 radical (unpaired) electrons. The number of aromatic amines is 1. The van der Waals surface area contributed by atoms with E-state index in [1.165, 1.54) is 11.8 Å². The van der Waals surface area contributed by atoms with Gasteiger partial charge in [-0.05, 0) is 41.2 Å². The zero-order chi connectivity index (χ0) is 26.3. The van der Waals surface area contributed by atoms with Gasteiger partial charge in [0.15, 0.2) is 22.4 Å². The van der Waals surface area contributed by atoms with Crippen LogP contribution in [0, 0.1) is 5.41 Å². The highest BCUT2D eigenvalue weighted by molar-refractivity contribution is 7.98. The molecule has 0 fully saturated rings. The number of Topliss-reactive ketones (excluding diaryl/α,β-unsaturated/α-hetero) is 1. The van der Waals surface area contributed by atoms with Crippen molar-refractivity contribution in [2.45, 2.75) is 43.5 Å². The van der Waals surface area contributed by atoms with Gasteiger partial charge in [0.05, 0.1) is 19.8 Å². The molecule has 37 heavy (non-hydrogen) atoms. The third kappa shape index (κ3) is 4.88. The molecule has 1 aliphatic heterocycles. The second-order valence-corrected chi connectivity index (χ2v) is 11.4. The van der Waals surface area contributed by atoms with E-state index in [0.717, 1.165) is 16.8 Å². The zero-order valence-electron chi connectivity index (χ0n) is 21.1. The molecule has 5 rings (SSSR count). The molecule has 1 atom stereocenters. The number of carbonyl (C=O) groups is 1. The molecule has 192 valence electrons. The topological polar surface area (TPSA) is 93.3 Å². The van der Waals surface area contributed by atoms with Gasteiger partial charge in [-0.3, -0.25) is 9.59 Å². The summed E-state index contributed by atoms with van der Waals surface area (Å²) in [6.07, 6.45) is 1.08. The van der Waals surface area contributed by atoms with Crippen molar-refractivity contribution in [2.24, 2.45) is 5.41 Å². The highest BCUT2D eigenvalue weighted by Gasteiger charge is 2.42. The Kier molecular flexibility index (Phi) is 6.81. The van der Waals surface area contributed by atoms with Crippen molar-refractivity contribution in [3.63, 3.8) is 0 Å². The van der Waals surface area contributed by atoms with E-state index in [4.69, 9.17) is 26.1 Å². The average molecular weight is 538 g/mol. The first-order chi connectivity index (χ1) is 17.7. The van der Waals surface area contributed by atoms with E-state index in [2.05, 4.69) is 24.1 Å². The van der Waals surface area contributed by atoms with Gasteiger partial charge in [-0.2, -0.15) is 0 Å². The fourth-order valence-corrected chi connectivity index (χ4v) is 6.24. The number of halogens is 1. The predicted octanol–water partition coefficient (Wildman–Crippen LogP) is 5.93. The van der Waals surface area contributed by atoms with Gasteiger partial charge in [0.1, 0.15) is 5.82 Å². The van der Waals surface area contributed by atoms with Crippen LogP contribution in [-0.4, -0.2) is 30.0 Å². The van der Waals surface area contributed by atoms with E-state index in [0.29, 0.717) is 57.2 Å². The smallest absolute Gasteiger partial charge is 0.257 e. The van der Waals surface area contributed by atoms with Crippen molar-refractivity contribution in [3.8, 4) is 11.5 Å². The minimum atomic E-state index is -0.575. The van der Waals surface area contributed by atoms with Crippen LogP contribution < -0.4 is 20.3 Å². The number of aromatic nitrogens is 2. The fourth-order valence-electron chi connectivity index (χ4n) is 5.09. The van der Waals surface area contributed by atoms with Crippen molar-refractivity contribution in [2.75, 3.05) is 19.5 Å². The van der Waals surface area contributed by atoms with Crippen LogP contribution in [0.3, 0.4) is 0 Å². The number of H-pyrrole nitrogens is 1. The summed E-state index contributed by atoms with van der Waals surface area (Å²) in [7, 11) is 3.13. The molecule has 2 N–H and O–H groups in total. The lowest BCUT2D eigenvalue weighted by molar-refractivity contribution is -0.118. The van der Waals surface area contributed by atoms with Crippen LogP contribution in [0.5, 0.6) is 11.5 Å². The lowest BCUT2D eigenvalue weighted by Crippen LogP contribution is -2.37. The van der Waals surface area contributed by atoms with Crippen LogP contribution >= 0.6 is 23.4 Å². The number of hydrogen-bond acceptors (Lipinski definition) is 7. The molecule has 3 aromatic rings. The van der Waals surface area contributed by atoms with Crippen molar-refractivity contribution in [3.05, 3.63) is 85.8 Å². The minimum absolute atomic E-state index is 0.0285. The number of allylic oxidation sites excluding steroid dienone is 2. The molecular formula is C28H28ClN3O4S.